The van der Waals surface area contributed by atoms with Crippen molar-refractivity contribution in [2.45, 2.75) is 66.4 Å². The zero-order valence-electron chi connectivity index (χ0n) is 14.4. The smallest absolute Gasteiger partial charge is 0.144 e. The zero-order chi connectivity index (χ0) is 16.7. The molecule has 0 aromatic rings. The van der Waals surface area contributed by atoms with E-state index >= 15 is 0 Å². The molecule has 2 aliphatic rings. The molecule has 2 rings (SSSR count). The lowest BCUT2D eigenvalue weighted by Crippen LogP contribution is -2.46. The van der Waals surface area contributed by atoms with Gasteiger partial charge in [-0.25, -0.2) is 0 Å². The third-order valence-corrected chi connectivity index (χ3v) is 5.27. The van der Waals surface area contributed by atoms with Crippen LogP contribution in [0.2, 0.25) is 0 Å². The largest absolute Gasteiger partial charge is 0.377 e. The van der Waals surface area contributed by atoms with Crippen molar-refractivity contribution in [3.05, 3.63) is 0 Å². The predicted molar refractivity (Wildman–Crippen MR) is 83.4 cm³/mol. The molecule has 0 saturated heterocycles. The van der Waals surface area contributed by atoms with Gasteiger partial charge < -0.3 is 4.74 Å². The summed E-state index contributed by atoms with van der Waals surface area (Å²) in [5, 5.41) is 0. The lowest BCUT2D eigenvalue weighted by Gasteiger charge is -2.40. The summed E-state index contributed by atoms with van der Waals surface area (Å²) in [7, 11) is 0. The Morgan fingerprint density at radius 3 is 2.27 bits per heavy atom. The van der Waals surface area contributed by atoms with E-state index in [4.69, 9.17) is 4.74 Å². The van der Waals surface area contributed by atoms with E-state index in [1.807, 2.05) is 34.6 Å². The number of ether oxygens (including phenoxy) is 1. The van der Waals surface area contributed by atoms with Crippen molar-refractivity contribution in [1.29, 1.82) is 0 Å². The van der Waals surface area contributed by atoms with Gasteiger partial charge in [-0.3, -0.25) is 14.4 Å². The first-order chi connectivity index (χ1) is 10.0. The van der Waals surface area contributed by atoms with E-state index in [1.165, 1.54) is 0 Å². The second-order valence-corrected chi connectivity index (χ2v) is 8.27. The minimum absolute atomic E-state index is 0.0100. The average Bonchev–Trinajstić information content (AvgIpc) is 2.39. The number of rotatable bonds is 3. The van der Waals surface area contributed by atoms with E-state index in [0.717, 1.165) is 0 Å². The highest BCUT2D eigenvalue weighted by atomic mass is 16.5. The highest BCUT2D eigenvalue weighted by Gasteiger charge is 2.45. The third kappa shape index (κ3) is 3.32. The van der Waals surface area contributed by atoms with Crippen molar-refractivity contribution in [3.8, 4) is 0 Å². The van der Waals surface area contributed by atoms with Crippen LogP contribution >= 0.6 is 0 Å². The Morgan fingerprint density at radius 1 is 1.05 bits per heavy atom. The molecule has 22 heavy (non-hydrogen) atoms. The predicted octanol–water partition coefficient (Wildman–Crippen LogP) is 2.97. The van der Waals surface area contributed by atoms with E-state index in [2.05, 4.69) is 0 Å². The fourth-order valence-electron chi connectivity index (χ4n) is 4.10. The monoisotopic (exact) mass is 308 g/mol. The lowest BCUT2D eigenvalue weighted by atomic mass is 9.69. The van der Waals surface area contributed by atoms with Crippen molar-refractivity contribution >= 4 is 17.3 Å². The van der Waals surface area contributed by atoms with Gasteiger partial charge in [0.2, 0.25) is 0 Å². The summed E-state index contributed by atoms with van der Waals surface area (Å²) < 4.78 is 6.02. The van der Waals surface area contributed by atoms with Crippen molar-refractivity contribution < 1.29 is 19.1 Å². The maximum absolute atomic E-state index is 12.4. The Morgan fingerprint density at radius 2 is 1.68 bits per heavy atom. The van der Waals surface area contributed by atoms with Gasteiger partial charge in [0.25, 0.3) is 0 Å². The number of hydrogen-bond donors (Lipinski definition) is 0. The van der Waals surface area contributed by atoms with Crippen LogP contribution in [0.4, 0.5) is 0 Å². The fourth-order valence-corrected chi connectivity index (χ4v) is 4.10. The molecule has 2 aliphatic carbocycles. The Labute approximate surface area is 133 Å². The number of carbonyl (C=O) groups is 3. The van der Waals surface area contributed by atoms with Crippen molar-refractivity contribution in [1.82, 2.24) is 0 Å². The molecule has 0 aliphatic heterocycles. The first-order valence-corrected chi connectivity index (χ1v) is 8.27. The molecule has 0 radical (unpaired) electrons. The number of Topliss-reactive ketones (excluding diaryl/α,β-unsaturated/α-hetero) is 3. The highest BCUT2D eigenvalue weighted by molar-refractivity contribution is 5.98. The molecule has 0 bridgehead atoms. The second kappa shape index (κ2) is 5.88. The van der Waals surface area contributed by atoms with Crippen LogP contribution in [0.15, 0.2) is 0 Å². The summed E-state index contributed by atoms with van der Waals surface area (Å²) in [6.45, 7) is 9.80. The van der Waals surface area contributed by atoms with Gasteiger partial charge in [-0.15, -0.1) is 0 Å². The summed E-state index contributed by atoms with van der Waals surface area (Å²) in [6, 6.07) is 0. The molecule has 0 heterocycles. The first-order valence-electron chi connectivity index (χ1n) is 8.27. The Hall–Kier alpha value is -1.03. The average molecular weight is 308 g/mol. The van der Waals surface area contributed by atoms with Crippen LogP contribution in [-0.2, 0) is 19.1 Å². The molecule has 2 fully saturated rings. The molecular formula is C18H28O4. The van der Waals surface area contributed by atoms with Crippen LogP contribution < -0.4 is 0 Å². The maximum atomic E-state index is 12.4. The molecule has 124 valence electrons. The van der Waals surface area contributed by atoms with Crippen LogP contribution in [0.3, 0.4) is 0 Å². The van der Waals surface area contributed by atoms with Crippen LogP contribution in [-0.4, -0.2) is 30.1 Å². The van der Waals surface area contributed by atoms with Crippen LogP contribution in [0.25, 0.3) is 0 Å². The molecule has 2 saturated carbocycles. The molecule has 0 spiro atoms. The first kappa shape index (κ1) is 17.3. The SMILES string of the molecule is CC1CC(OCC2(C)CC(=O)CC(C)C2=O)CC(C)(C)C1=O. The van der Waals surface area contributed by atoms with E-state index in [0.29, 0.717) is 19.3 Å². The lowest BCUT2D eigenvalue weighted by molar-refractivity contribution is -0.152. The van der Waals surface area contributed by atoms with E-state index in [9.17, 15) is 14.4 Å². The number of ketones is 3. The molecule has 4 nitrogen and oxygen atoms in total. The van der Waals surface area contributed by atoms with Gasteiger partial charge >= 0.3 is 0 Å². The summed E-state index contributed by atoms with van der Waals surface area (Å²) >= 11 is 0. The molecular weight excluding hydrogens is 280 g/mol. The molecule has 0 amide bonds. The van der Waals surface area contributed by atoms with Crippen LogP contribution in [0.1, 0.15) is 60.3 Å². The second-order valence-electron chi connectivity index (χ2n) is 8.27. The summed E-state index contributed by atoms with van der Waals surface area (Å²) in [6.07, 6.45) is 2.01. The van der Waals surface area contributed by atoms with E-state index in [-0.39, 0.29) is 53.7 Å². The molecule has 0 aromatic carbocycles. The molecule has 0 aromatic heterocycles. The highest BCUT2D eigenvalue weighted by Crippen LogP contribution is 2.39. The minimum atomic E-state index is -0.705. The van der Waals surface area contributed by atoms with Gasteiger partial charge in [-0.05, 0) is 19.8 Å². The van der Waals surface area contributed by atoms with Crippen LogP contribution in [0.5, 0.6) is 0 Å². The van der Waals surface area contributed by atoms with Crippen molar-refractivity contribution in [2.75, 3.05) is 6.61 Å². The fraction of sp³-hybridized carbons (Fsp3) is 0.833. The molecule has 4 atom stereocenters. The summed E-state index contributed by atoms with van der Waals surface area (Å²) in [5.41, 5.74) is -1.08. The Balaban J connectivity index is 2.01. The quantitative estimate of drug-likeness (QED) is 0.804. The summed E-state index contributed by atoms with van der Waals surface area (Å²) in [5.74, 6) is 0.343. The van der Waals surface area contributed by atoms with Gasteiger partial charge in [0, 0.05) is 30.1 Å². The third-order valence-electron chi connectivity index (χ3n) is 5.27. The normalized spacial score (nSPS) is 39.1. The van der Waals surface area contributed by atoms with E-state index in [1.54, 1.807) is 0 Å². The Kier molecular flexibility index (Phi) is 4.63. The summed E-state index contributed by atoms with van der Waals surface area (Å²) in [4.78, 5) is 36.4. The van der Waals surface area contributed by atoms with Gasteiger partial charge in [0.15, 0.2) is 0 Å². The zero-order valence-corrected chi connectivity index (χ0v) is 14.4. The Bertz CT molecular complexity index is 493. The number of hydrogen-bond acceptors (Lipinski definition) is 4. The molecule has 0 N–H and O–H groups in total. The molecule has 4 heteroatoms. The standard InChI is InChI=1S/C18H28O4/c1-11-6-13(19)8-18(5,16(11)21)10-22-14-7-12(2)15(20)17(3,4)9-14/h11-12,14H,6-10H2,1-5H3. The van der Waals surface area contributed by atoms with Crippen molar-refractivity contribution in [3.63, 3.8) is 0 Å². The van der Waals surface area contributed by atoms with E-state index < -0.39 is 5.41 Å². The molecule has 4 unspecified atom stereocenters. The van der Waals surface area contributed by atoms with Gasteiger partial charge in [0.05, 0.1) is 18.1 Å². The van der Waals surface area contributed by atoms with Gasteiger partial charge in [-0.2, -0.15) is 0 Å². The van der Waals surface area contributed by atoms with Crippen LogP contribution in [0, 0.1) is 22.7 Å². The number of carbonyl (C=O) groups excluding carboxylic acids is 3. The minimum Gasteiger partial charge on any atom is -0.377 e. The van der Waals surface area contributed by atoms with Crippen molar-refractivity contribution in [2.24, 2.45) is 22.7 Å². The van der Waals surface area contributed by atoms with Gasteiger partial charge in [0.1, 0.15) is 17.3 Å². The topological polar surface area (TPSA) is 60.4 Å². The maximum Gasteiger partial charge on any atom is 0.144 e. The van der Waals surface area contributed by atoms with Gasteiger partial charge in [-0.1, -0.05) is 27.7 Å².